The summed E-state index contributed by atoms with van der Waals surface area (Å²) in [5, 5.41) is 16.6. The van der Waals surface area contributed by atoms with Gasteiger partial charge in [0.05, 0.1) is 112 Å². The first-order valence-electron chi connectivity index (χ1n) is 17.6. The van der Waals surface area contributed by atoms with Crippen LogP contribution in [-0.2, 0) is 105 Å². The van der Waals surface area contributed by atoms with Crippen molar-refractivity contribution in [3.63, 3.8) is 0 Å². The van der Waals surface area contributed by atoms with E-state index in [1.165, 1.54) is 0 Å². The van der Waals surface area contributed by atoms with Crippen molar-refractivity contribution in [3.05, 3.63) is 0 Å². The average molecular weight is 821 g/mol. The van der Waals surface area contributed by atoms with Crippen LogP contribution in [0.5, 0.6) is 0 Å². The molecule has 0 rings (SSSR count). The third kappa shape index (κ3) is 53.0. The number of hydrogen-bond acceptors (Lipinski definition) is 24. The maximum absolute atomic E-state index is 8.44. The molecule has 0 aromatic carbocycles. The molecule has 55 heavy (non-hydrogen) atoms. The van der Waals surface area contributed by atoms with E-state index in [2.05, 4.69) is 4.89 Å². The Balaban J connectivity index is 3.05. The van der Waals surface area contributed by atoms with Crippen LogP contribution >= 0.6 is 0 Å². The second-order valence-corrected chi connectivity index (χ2v) is 9.63. The van der Waals surface area contributed by atoms with Gasteiger partial charge in [-0.25, -0.2) is 24.4 Å². The lowest BCUT2D eigenvalue weighted by atomic mass is 10.7. The monoisotopic (exact) mass is 820 g/mol. The molecule has 0 saturated heterocycles. The first-order valence-corrected chi connectivity index (χ1v) is 17.6. The van der Waals surface area contributed by atoms with Gasteiger partial charge in [0.25, 0.3) is 0 Å². The second-order valence-electron chi connectivity index (χ2n) is 9.63. The Hall–Kier alpha value is -0.960. The minimum absolute atomic E-state index is 0.0884. The molecule has 0 aliphatic carbocycles. The number of aliphatic hydroxyl groups excluding tert-OH is 1. The van der Waals surface area contributed by atoms with Crippen molar-refractivity contribution in [1.82, 2.24) is 0 Å². The summed E-state index contributed by atoms with van der Waals surface area (Å²) in [5.41, 5.74) is 0. The predicted octanol–water partition coefficient (Wildman–Crippen LogP) is -0.736. The highest BCUT2D eigenvalue weighted by Gasteiger charge is 1.98. The summed E-state index contributed by atoms with van der Waals surface area (Å²) in [4.78, 5) is 23.7. The van der Waals surface area contributed by atoms with Crippen molar-refractivity contribution in [1.29, 1.82) is 0 Å². The molecule has 0 aliphatic rings. The topological polar surface area (TPSA) is 244 Å². The van der Waals surface area contributed by atoms with E-state index in [1.54, 1.807) is 0 Å². The molecule has 0 aromatic heterocycles. The highest BCUT2D eigenvalue weighted by atomic mass is 17.2. The maximum atomic E-state index is 8.44. The second kappa shape index (κ2) is 53.0. The van der Waals surface area contributed by atoms with Crippen LogP contribution in [0.2, 0.25) is 0 Å². The van der Waals surface area contributed by atoms with Gasteiger partial charge in [-0.2, -0.15) is 0 Å². The van der Waals surface area contributed by atoms with Crippen LogP contribution in [0.3, 0.4) is 0 Å². The van der Waals surface area contributed by atoms with E-state index in [0.717, 1.165) is 0 Å². The molecular formula is C31H64O24. The fourth-order valence-corrected chi connectivity index (χ4v) is 2.89. The number of hydrogen-bond donors (Lipinski definition) is 2. The molecule has 0 fully saturated rings. The van der Waals surface area contributed by atoms with Gasteiger partial charge in [-0.05, 0) is 0 Å². The van der Waals surface area contributed by atoms with Crippen molar-refractivity contribution in [3.8, 4) is 0 Å². The Morgan fingerprint density at radius 2 is 0.364 bits per heavy atom. The third-order valence-electron chi connectivity index (χ3n) is 5.39. The summed E-state index contributed by atoms with van der Waals surface area (Å²) in [5.74, 6) is 0. The van der Waals surface area contributed by atoms with Crippen molar-refractivity contribution < 1.29 is 115 Å². The molecule has 0 saturated carbocycles. The lowest BCUT2D eigenvalue weighted by Gasteiger charge is -2.09. The molecule has 0 bridgehead atoms. The van der Waals surface area contributed by atoms with Gasteiger partial charge < -0.3 is 85.6 Å². The van der Waals surface area contributed by atoms with Crippen LogP contribution in [0.15, 0.2) is 0 Å². The Kier molecular flexibility index (Phi) is 52.1. The molecule has 24 nitrogen and oxygen atoms in total. The zero-order chi connectivity index (χ0) is 39.5. The lowest BCUT2D eigenvalue weighted by molar-refractivity contribution is -0.307. The summed E-state index contributed by atoms with van der Waals surface area (Å²) >= 11 is 0. The van der Waals surface area contributed by atoms with Gasteiger partial charge in [0.15, 0.2) is 0 Å². The summed E-state index contributed by atoms with van der Waals surface area (Å²) < 4.78 is 88.2. The van der Waals surface area contributed by atoms with Gasteiger partial charge >= 0.3 is 0 Å². The van der Waals surface area contributed by atoms with Crippen LogP contribution in [0.25, 0.3) is 0 Å². The first-order chi connectivity index (χ1) is 27.4. The molecule has 0 atom stereocenters. The van der Waals surface area contributed by atoms with Crippen molar-refractivity contribution >= 4 is 0 Å². The molecule has 24 heteroatoms. The van der Waals surface area contributed by atoms with Gasteiger partial charge in [-0.1, -0.05) is 0 Å². The molecule has 0 aliphatic heterocycles. The zero-order valence-electron chi connectivity index (χ0n) is 31.8. The standard InChI is InChI=1S/C31H64O24/c32-23-34-1-2-35-24-36-4-9-42-28-47-14-19-52-53-20-16-49-30-44-11-6-39-26-40-7-12-45-31-50-17-22-55-54-21-15-48-29-43-10-5-38-25-37-3-8-41-27-46-13-18-51-33/h32-33H,1-31H2. The average Bonchev–Trinajstić information content (AvgIpc) is 3.20. The van der Waals surface area contributed by atoms with E-state index in [9.17, 15) is 0 Å². The van der Waals surface area contributed by atoms with Crippen molar-refractivity contribution in [2.75, 3.05) is 206 Å². The van der Waals surface area contributed by atoms with Crippen LogP contribution in [0.4, 0.5) is 0 Å². The Morgan fingerprint density at radius 1 is 0.200 bits per heavy atom. The van der Waals surface area contributed by atoms with Crippen LogP contribution in [0, 0.1) is 0 Å². The number of rotatable bonds is 52. The van der Waals surface area contributed by atoms with Crippen molar-refractivity contribution in [2.45, 2.75) is 0 Å². The maximum Gasteiger partial charge on any atom is 0.146 e. The fraction of sp³-hybridized carbons (Fsp3) is 1.00. The predicted molar refractivity (Wildman–Crippen MR) is 180 cm³/mol. The molecule has 0 unspecified atom stereocenters. The minimum Gasteiger partial charge on any atom is -0.371 e. The summed E-state index contributed by atoms with van der Waals surface area (Å²) in [7, 11) is 0. The molecule has 0 aromatic rings. The van der Waals surface area contributed by atoms with Gasteiger partial charge in [-0.3, -0.25) is 5.26 Å². The molecule has 0 radical (unpaired) electrons. The van der Waals surface area contributed by atoms with Crippen LogP contribution in [-0.4, -0.2) is 217 Å². The molecule has 332 valence electrons. The Labute approximate surface area is 322 Å². The molecule has 0 amide bonds. The Bertz CT molecular complexity index is 610. The van der Waals surface area contributed by atoms with Crippen LogP contribution < -0.4 is 0 Å². The highest BCUT2D eigenvalue weighted by Crippen LogP contribution is 1.90. The quantitative estimate of drug-likeness (QED) is 0.0332. The SMILES string of the molecule is OCOCCOCOCCOCOCCOOCCOCOCCOCOCCOCOCCOOCCOCOCCOCOCCOCOCCOO. The molecule has 2 N–H and O–H groups in total. The third-order valence-corrected chi connectivity index (χ3v) is 5.39. The number of ether oxygens (including phenoxy) is 17. The Morgan fingerprint density at radius 3 is 0.545 bits per heavy atom. The van der Waals surface area contributed by atoms with Crippen LogP contribution in [0.1, 0.15) is 0 Å². The van der Waals surface area contributed by atoms with Gasteiger partial charge in [0, 0.05) is 0 Å². The first kappa shape index (κ1) is 54.0. The number of aliphatic hydroxyl groups is 1. The van der Waals surface area contributed by atoms with E-state index < -0.39 is 0 Å². The van der Waals surface area contributed by atoms with E-state index in [0.29, 0.717) is 106 Å². The van der Waals surface area contributed by atoms with Gasteiger partial charge in [0.2, 0.25) is 0 Å². The largest absolute Gasteiger partial charge is 0.371 e. The summed E-state index contributed by atoms with van der Waals surface area (Å²) in [6, 6.07) is 0. The van der Waals surface area contributed by atoms with E-state index in [4.69, 9.17) is 110 Å². The van der Waals surface area contributed by atoms with E-state index >= 15 is 0 Å². The summed E-state index contributed by atoms with van der Waals surface area (Å²) in [6.45, 7) is 7.05. The molecule has 0 spiro atoms. The minimum atomic E-state index is -0.329. The van der Waals surface area contributed by atoms with E-state index in [1.807, 2.05) is 0 Å². The van der Waals surface area contributed by atoms with Gasteiger partial charge in [-0.15, -0.1) is 0 Å². The normalized spacial score (nSPS) is 11.7. The zero-order valence-corrected chi connectivity index (χ0v) is 31.8. The molecular weight excluding hydrogens is 756 g/mol. The summed E-state index contributed by atoms with van der Waals surface area (Å²) in [6.07, 6.45) is 0. The van der Waals surface area contributed by atoms with Gasteiger partial charge in [0.1, 0.15) is 94.2 Å². The lowest BCUT2D eigenvalue weighted by Crippen LogP contribution is -2.14. The smallest absolute Gasteiger partial charge is 0.146 e. The van der Waals surface area contributed by atoms with Crippen molar-refractivity contribution in [2.24, 2.45) is 0 Å². The van der Waals surface area contributed by atoms with E-state index in [-0.39, 0.29) is 101 Å². The highest BCUT2D eigenvalue weighted by molar-refractivity contribution is 4.31. The molecule has 0 heterocycles. The fourth-order valence-electron chi connectivity index (χ4n) is 2.89.